The number of nitrogens with one attached hydrogen (secondary N) is 2. The van der Waals surface area contributed by atoms with Crippen LogP contribution >= 0.6 is 15.9 Å². The average Bonchev–Trinajstić information content (AvgIpc) is 2.78. The number of pyridine rings is 1. The predicted octanol–water partition coefficient (Wildman–Crippen LogP) is 4.01. The Kier molecular flexibility index (Phi) is 4.68. The van der Waals surface area contributed by atoms with Gasteiger partial charge in [-0.1, -0.05) is 15.9 Å². The highest BCUT2D eigenvalue weighted by molar-refractivity contribution is 9.10. The van der Waals surface area contributed by atoms with Gasteiger partial charge in [0.1, 0.15) is 5.75 Å². The molecule has 0 fully saturated rings. The summed E-state index contributed by atoms with van der Waals surface area (Å²) >= 11 is 3.54. The fraction of sp³-hybridized carbons (Fsp3) is 0.312. The van der Waals surface area contributed by atoms with E-state index in [0.29, 0.717) is 5.88 Å². The van der Waals surface area contributed by atoms with Gasteiger partial charge in [0.15, 0.2) is 0 Å². The van der Waals surface area contributed by atoms with Crippen molar-refractivity contribution in [3.8, 4) is 11.6 Å². The lowest BCUT2D eigenvalue weighted by Crippen LogP contribution is -2.11. The molecule has 2 N–H and O–H groups in total. The molecular formula is C16H18BrN3O2. The van der Waals surface area contributed by atoms with Gasteiger partial charge in [-0.25, -0.2) is 4.98 Å². The molecule has 0 amide bonds. The van der Waals surface area contributed by atoms with E-state index in [9.17, 15) is 0 Å². The average molecular weight is 364 g/mol. The molecule has 0 unspecified atom stereocenters. The van der Waals surface area contributed by atoms with E-state index in [4.69, 9.17) is 9.47 Å². The van der Waals surface area contributed by atoms with Crippen LogP contribution in [0.2, 0.25) is 0 Å². The molecule has 0 atom stereocenters. The Hall–Kier alpha value is -1.95. The Morgan fingerprint density at radius 3 is 2.91 bits per heavy atom. The molecule has 116 valence electrons. The summed E-state index contributed by atoms with van der Waals surface area (Å²) in [6, 6.07) is 7.80. The summed E-state index contributed by atoms with van der Waals surface area (Å²) in [4.78, 5) is 4.17. The number of methoxy groups -OCH3 is 1. The Morgan fingerprint density at radius 2 is 2.14 bits per heavy atom. The largest absolute Gasteiger partial charge is 0.493 e. The lowest BCUT2D eigenvalue weighted by Gasteiger charge is -2.16. The quantitative estimate of drug-likeness (QED) is 0.803. The van der Waals surface area contributed by atoms with Gasteiger partial charge in [0.05, 0.1) is 31.3 Å². The van der Waals surface area contributed by atoms with Crippen molar-refractivity contribution in [2.24, 2.45) is 0 Å². The molecule has 2 aromatic rings. The van der Waals surface area contributed by atoms with Gasteiger partial charge in [-0.15, -0.1) is 0 Å². The zero-order chi connectivity index (χ0) is 15.4. The van der Waals surface area contributed by atoms with E-state index in [-0.39, 0.29) is 0 Å². The van der Waals surface area contributed by atoms with Gasteiger partial charge in [-0.2, -0.15) is 0 Å². The summed E-state index contributed by atoms with van der Waals surface area (Å²) in [5.41, 5.74) is 9.50. The van der Waals surface area contributed by atoms with E-state index >= 15 is 0 Å². The molecule has 0 bridgehead atoms. The summed E-state index contributed by atoms with van der Waals surface area (Å²) in [6.07, 6.45) is 4.95. The monoisotopic (exact) mass is 363 g/mol. The van der Waals surface area contributed by atoms with Crippen molar-refractivity contribution in [2.45, 2.75) is 19.3 Å². The van der Waals surface area contributed by atoms with Crippen LogP contribution in [0.15, 0.2) is 34.9 Å². The highest BCUT2D eigenvalue weighted by atomic mass is 79.9. The Bertz CT molecular complexity index is 647. The van der Waals surface area contributed by atoms with E-state index in [1.54, 1.807) is 13.3 Å². The summed E-state index contributed by atoms with van der Waals surface area (Å²) in [5, 5.41) is 0. The lowest BCUT2D eigenvalue weighted by atomic mass is 10.1. The molecule has 2 heterocycles. The first-order chi connectivity index (χ1) is 10.8. The van der Waals surface area contributed by atoms with Crippen LogP contribution in [-0.2, 0) is 6.42 Å². The third-order valence-electron chi connectivity index (χ3n) is 3.54. The Balaban J connectivity index is 1.77. The van der Waals surface area contributed by atoms with Gasteiger partial charge < -0.3 is 14.9 Å². The molecule has 0 radical (unpaired) electrons. The molecule has 6 heteroatoms. The number of anilines is 2. The molecule has 1 aromatic heterocycles. The molecule has 22 heavy (non-hydrogen) atoms. The third-order valence-corrected chi connectivity index (χ3v) is 4.00. The van der Waals surface area contributed by atoms with Crippen molar-refractivity contribution in [1.82, 2.24) is 4.98 Å². The minimum Gasteiger partial charge on any atom is -0.493 e. The van der Waals surface area contributed by atoms with Crippen LogP contribution in [0, 0.1) is 0 Å². The highest BCUT2D eigenvalue weighted by Gasteiger charge is 2.14. The van der Waals surface area contributed by atoms with Crippen molar-refractivity contribution in [3.63, 3.8) is 0 Å². The molecule has 5 nitrogen and oxygen atoms in total. The van der Waals surface area contributed by atoms with E-state index in [0.717, 1.165) is 47.5 Å². The van der Waals surface area contributed by atoms with Gasteiger partial charge in [-0.05, 0) is 37.5 Å². The number of ether oxygens (including phenoxy) is 2. The van der Waals surface area contributed by atoms with Crippen molar-refractivity contribution in [3.05, 3.63) is 40.5 Å². The lowest BCUT2D eigenvalue weighted by molar-refractivity contribution is 0.317. The van der Waals surface area contributed by atoms with Crippen LogP contribution in [0.3, 0.4) is 0 Å². The predicted molar refractivity (Wildman–Crippen MR) is 90.6 cm³/mol. The van der Waals surface area contributed by atoms with Crippen LogP contribution < -0.4 is 20.3 Å². The normalized spacial score (nSPS) is 13.5. The van der Waals surface area contributed by atoms with Crippen molar-refractivity contribution >= 4 is 27.3 Å². The van der Waals surface area contributed by atoms with Gasteiger partial charge in [0, 0.05) is 16.1 Å². The van der Waals surface area contributed by atoms with Crippen LogP contribution in [0.25, 0.3) is 0 Å². The van der Waals surface area contributed by atoms with Gasteiger partial charge >= 0.3 is 0 Å². The first kappa shape index (κ1) is 15.0. The van der Waals surface area contributed by atoms with Crippen LogP contribution in [0.4, 0.5) is 11.4 Å². The second kappa shape index (κ2) is 6.87. The molecule has 1 aliphatic heterocycles. The third kappa shape index (κ3) is 3.44. The standard InChI is InChI=1S/C16H18BrN3O2/c1-21-16-6-5-12(10-18-16)19-20-14-8-11(17)9-15-13(14)4-2-3-7-22-15/h5-6,8-10,19-20H,2-4,7H2,1H3. The minimum atomic E-state index is 0.593. The number of rotatable bonds is 4. The summed E-state index contributed by atoms with van der Waals surface area (Å²) in [5.74, 6) is 1.54. The number of benzene rings is 1. The summed E-state index contributed by atoms with van der Waals surface area (Å²) in [7, 11) is 1.60. The molecule has 1 aliphatic rings. The number of hydrogen-bond acceptors (Lipinski definition) is 5. The van der Waals surface area contributed by atoms with Crippen LogP contribution in [-0.4, -0.2) is 18.7 Å². The maximum Gasteiger partial charge on any atom is 0.213 e. The van der Waals surface area contributed by atoms with Gasteiger partial charge in [0.2, 0.25) is 5.88 Å². The Morgan fingerprint density at radius 1 is 1.23 bits per heavy atom. The van der Waals surface area contributed by atoms with E-state index in [2.05, 4.69) is 37.8 Å². The molecular weight excluding hydrogens is 346 g/mol. The molecule has 0 spiro atoms. The first-order valence-corrected chi connectivity index (χ1v) is 8.03. The molecule has 0 aliphatic carbocycles. The van der Waals surface area contributed by atoms with Crippen molar-refractivity contribution in [2.75, 3.05) is 24.6 Å². The number of aromatic nitrogens is 1. The van der Waals surface area contributed by atoms with Crippen molar-refractivity contribution < 1.29 is 9.47 Å². The number of nitrogens with zero attached hydrogens (tertiary/aromatic N) is 1. The van der Waals surface area contributed by atoms with Gasteiger partial charge in [0.25, 0.3) is 0 Å². The number of hydrazine groups is 1. The van der Waals surface area contributed by atoms with Gasteiger partial charge in [-0.3, -0.25) is 5.43 Å². The SMILES string of the molecule is COc1ccc(NNc2cc(Br)cc3c2CCCCO3)cn1. The summed E-state index contributed by atoms with van der Waals surface area (Å²) in [6.45, 7) is 0.777. The molecule has 0 saturated heterocycles. The molecule has 1 aromatic carbocycles. The Labute approximate surface area is 138 Å². The zero-order valence-electron chi connectivity index (χ0n) is 12.4. The maximum absolute atomic E-state index is 5.83. The van der Waals surface area contributed by atoms with E-state index in [1.807, 2.05) is 18.2 Å². The second-order valence-corrected chi connectivity index (χ2v) is 5.99. The number of hydrogen-bond donors (Lipinski definition) is 2. The zero-order valence-corrected chi connectivity index (χ0v) is 13.9. The van der Waals surface area contributed by atoms with Crippen LogP contribution in [0.1, 0.15) is 18.4 Å². The summed E-state index contributed by atoms with van der Waals surface area (Å²) < 4.78 is 11.9. The minimum absolute atomic E-state index is 0.593. The van der Waals surface area contributed by atoms with E-state index < -0.39 is 0 Å². The molecule has 3 rings (SSSR count). The number of fused-ring (bicyclic) bond motifs is 1. The highest BCUT2D eigenvalue weighted by Crippen LogP contribution is 2.34. The van der Waals surface area contributed by atoms with E-state index in [1.165, 1.54) is 5.56 Å². The maximum atomic E-state index is 5.83. The first-order valence-electron chi connectivity index (χ1n) is 7.23. The smallest absolute Gasteiger partial charge is 0.213 e. The fourth-order valence-corrected chi connectivity index (χ4v) is 2.85. The van der Waals surface area contributed by atoms with Crippen LogP contribution in [0.5, 0.6) is 11.6 Å². The topological polar surface area (TPSA) is 55.4 Å². The second-order valence-electron chi connectivity index (χ2n) is 5.07. The van der Waals surface area contributed by atoms with Crippen molar-refractivity contribution in [1.29, 1.82) is 0 Å². The fourth-order valence-electron chi connectivity index (χ4n) is 2.41. The number of halogens is 1. The molecule has 0 saturated carbocycles.